The topological polar surface area (TPSA) is 88.5 Å². The summed E-state index contributed by atoms with van der Waals surface area (Å²) >= 11 is 0. The smallest absolute Gasteiger partial charge is 0.407 e. The summed E-state index contributed by atoms with van der Waals surface area (Å²) in [5, 5.41) is 12.0. The average molecular weight is 416 g/mol. The molecule has 6 heteroatoms. The lowest BCUT2D eigenvalue weighted by molar-refractivity contribution is -0.139. The van der Waals surface area contributed by atoms with E-state index in [-0.39, 0.29) is 18.9 Å². The first kappa shape index (κ1) is 20.6. The highest BCUT2D eigenvalue weighted by atomic mass is 16.5. The van der Waals surface area contributed by atoms with E-state index in [0.29, 0.717) is 6.42 Å². The Labute approximate surface area is 180 Å². The highest BCUT2D eigenvalue weighted by molar-refractivity contribution is 5.81. The van der Waals surface area contributed by atoms with E-state index in [0.717, 1.165) is 33.4 Å². The van der Waals surface area contributed by atoms with Gasteiger partial charge in [-0.1, -0.05) is 48.5 Å². The van der Waals surface area contributed by atoms with Crippen molar-refractivity contribution >= 4 is 12.1 Å². The summed E-state index contributed by atoms with van der Waals surface area (Å²) in [6.45, 7) is 2.08. The summed E-state index contributed by atoms with van der Waals surface area (Å²) in [6, 6.07) is 17.0. The standard InChI is InChI=1S/C25H24N2O4/c1-16-14-26-13-12-17(16)10-11-23(24(28)29)27-25(30)31-15-22-20-8-4-2-6-18(20)19-7-3-5-9-21(19)22/h2-9,12-14,22-23H,10-11,15H2,1H3,(H,27,30)(H,28,29)/t23-/m0/s1. The summed E-state index contributed by atoms with van der Waals surface area (Å²) < 4.78 is 5.47. The monoisotopic (exact) mass is 416 g/mol. The Balaban J connectivity index is 1.39. The number of aryl methyl sites for hydroxylation is 2. The molecule has 1 aliphatic carbocycles. The number of hydrogen-bond donors (Lipinski definition) is 2. The summed E-state index contributed by atoms with van der Waals surface area (Å²) in [6.07, 6.45) is 3.49. The molecule has 0 bridgehead atoms. The molecule has 4 rings (SSSR count). The fourth-order valence-electron chi connectivity index (χ4n) is 4.12. The van der Waals surface area contributed by atoms with Crippen molar-refractivity contribution in [3.05, 3.63) is 89.2 Å². The van der Waals surface area contributed by atoms with Crippen LogP contribution in [0.3, 0.4) is 0 Å². The summed E-state index contributed by atoms with van der Waals surface area (Å²) in [7, 11) is 0. The van der Waals surface area contributed by atoms with Crippen LogP contribution in [-0.4, -0.2) is 34.8 Å². The second-order valence-corrected chi connectivity index (χ2v) is 7.70. The zero-order valence-corrected chi connectivity index (χ0v) is 17.2. The van der Waals surface area contributed by atoms with Crippen LogP contribution < -0.4 is 5.32 Å². The third-order valence-electron chi connectivity index (χ3n) is 5.77. The predicted molar refractivity (Wildman–Crippen MR) is 117 cm³/mol. The largest absolute Gasteiger partial charge is 0.480 e. The molecule has 2 aromatic carbocycles. The van der Waals surface area contributed by atoms with Crippen LogP contribution in [0, 0.1) is 6.92 Å². The number of benzene rings is 2. The van der Waals surface area contributed by atoms with Crippen LogP contribution in [0.15, 0.2) is 67.0 Å². The Hall–Kier alpha value is -3.67. The number of nitrogens with zero attached hydrogens (tertiary/aromatic N) is 1. The van der Waals surface area contributed by atoms with Crippen molar-refractivity contribution in [1.29, 1.82) is 0 Å². The van der Waals surface area contributed by atoms with Crippen LogP contribution >= 0.6 is 0 Å². The number of amides is 1. The molecular weight excluding hydrogens is 392 g/mol. The zero-order chi connectivity index (χ0) is 21.8. The van der Waals surface area contributed by atoms with Crippen LogP contribution in [-0.2, 0) is 16.0 Å². The average Bonchev–Trinajstić information content (AvgIpc) is 3.10. The van der Waals surface area contributed by atoms with Crippen LogP contribution in [0.5, 0.6) is 0 Å². The van der Waals surface area contributed by atoms with E-state index in [1.165, 1.54) is 0 Å². The SMILES string of the molecule is Cc1cnccc1CC[C@H](NC(=O)OCC1c2ccccc2-c2ccccc21)C(=O)O. The van der Waals surface area contributed by atoms with Gasteiger partial charge in [-0.2, -0.15) is 0 Å². The van der Waals surface area contributed by atoms with Gasteiger partial charge in [0.25, 0.3) is 0 Å². The number of rotatable bonds is 7. The molecule has 1 amide bonds. The maximum atomic E-state index is 12.4. The molecular formula is C25H24N2O4. The molecule has 1 heterocycles. The van der Waals surface area contributed by atoms with Gasteiger partial charge >= 0.3 is 12.1 Å². The summed E-state index contributed by atoms with van der Waals surface area (Å²) in [5.74, 6) is -1.15. The molecule has 6 nitrogen and oxygen atoms in total. The number of aliphatic carboxylic acids is 1. The van der Waals surface area contributed by atoms with Crippen molar-refractivity contribution in [2.75, 3.05) is 6.61 Å². The predicted octanol–water partition coefficient (Wildman–Crippen LogP) is 4.31. The zero-order valence-electron chi connectivity index (χ0n) is 17.2. The van der Waals surface area contributed by atoms with Crippen molar-refractivity contribution in [1.82, 2.24) is 10.3 Å². The van der Waals surface area contributed by atoms with E-state index in [4.69, 9.17) is 4.74 Å². The number of ether oxygens (including phenoxy) is 1. The van der Waals surface area contributed by atoms with Crippen molar-refractivity contribution in [3.63, 3.8) is 0 Å². The lowest BCUT2D eigenvalue weighted by Gasteiger charge is -2.17. The number of carbonyl (C=O) groups is 2. The van der Waals surface area contributed by atoms with E-state index < -0.39 is 18.1 Å². The van der Waals surface area contributed by atoms with Crippen molar-refractivity contribution in [3.8, 4) is 11.1 Å². The van der Waals surface area contributed by atoms with Gasteiger partial charge in [-0.3, -0.25) is 4.98 Å². The van der Waals surface area contributed by atoms with Crippen molar-refractivity contribution < 1.29 is 19.4 Å². The number of carboxylic acids is 1. The molecule has 1 aliphatic rings. The molecule has 0 fully saturated rings. The first-order valence-corrected chi connectivity index (χ1v) is 10.3. The minimum absolute atomic E-state index is 0.0686. The molecule has 3 aromatic rings. The number of aromatic nitrogens is 1. The molecule has 1 atom stereocenters. The quantitative estimate of drug-likeness (QED) is 0.599. The lowest BCUT2D eigenvalue weighted by atomic mass is 9.98. The van der Waals surface area contributed by atoms with Gasteiger partial charge in [0.15, 0.2) is 0 Å². The number of hydrogen-bond acceptors (Lipinski definition) is 4. The number of nitrogens with one attached hydrogen (secondary N) is 1. The van der Waals surface area contributed by atoms with Crippen LogP contribution in [0.1, 0.15) is 34.6 Å². The molecule has 158 valence electrons. The molecule has 0 spiro atoms. The van der Waals surface area contributed by atoms with Gasteiger partial charge < -0.3 is 15.2 Å². The van der Waals surface area contributed by atoms with Gasteiger partial charge in [0.2, 0.25) is 0 Å². The maximum Gasteiger partial charge on any atom is 0.407 e. The second-order valence-electron chi connectivity index (χ2n) is 7.70. The first-order valence-electron chi connectivity index (χ1n) is 10.3. The van der Waals surface area contributed by atoms with Gasteiger partial charge in [-0.15, -0.1) is 0 Å². The minimum Gasteiger partial charge on any atom is -0.480 e. The second kappa shape index (κ2) is 9.00. The number of pyridine rings is 1. The Kier molecular flexibility index (Phi) is 5.98. The molecule has 0 aliphatic heterocycles. The highest BCUT2D eigenvalue weighted by Gasteiger charge is 2.29. The normalized spacial score (nSPS) is 13.2. The molecule has 0 saturated carbocycles. The third-order valence-corrected chi connectivity index (χ3v) is 5.77. The van der Waals surface area contributed by atoms with E-state index in [1.54, 1.807) is 12.4 Å². The van der Waals surface area contributed by atoms with Gasteiger partial charge in [-0.25, -0.2) is 9.59 Å². The van der Waals surface area contributed by atoms with Crippen LogP contribution in [0.2, 0.25) is 0 Å². The number of carbonyl (C=O) groups excluding carboxylic acids is 1. The Bertz CT molecular complexity index is 1070. The van der Waals surface area contributed by atoms with Gasteiger partial charge in [0.1, 0.15) is 12.6 Å². The Morgan fingerprint density at radius 2 is 1.71 bits per heavy atom. The van der Waals surface area contributed by atoms with E-state index in [2.05, 4.69) is 22.4 Å². The summed E-state index contributed by atoms with van der Waals surface area (Å²) in [4.78, 5) is 28.1. The van der Waals surface area contributed by atoms with Gasteiger partial charge in [0.05, 0.1) is 0 Å². The fourth-order valence-corrected chi connectivity index (χ4v) is 4.12. The summed E-state index contributed by atoms with van der Waals surface area (Å²) in [5.41, 5.74) is 6.51. The molecule has 31 heavy (non-hydrogen) atoms. The number of carboxylic acid groups (broad SMARTS) is 1. The van der Waals surface area contributed by atoms with Gasteiger partial charge in [0, 0.05) is 18.3 Å². The van der Waals surface area contributed by atoms with Crippen LogP contribution in [0.25, 0.3) is 11.1 Å². The van der Waals surface area contributed by atoms with Gasteiger partial charge in [-0.05, 0) is 59.2 Å². The minimum atomic E-state index is -1.08. The van der Waals surface area contributed by atoms with E-state index >= 15 is 0 Å². The fraction of sp³-hybridized carbons (Fsp3) is 0.240. The third kappa shape index (κ3) is 4.43. The molecule has 0 radical (unpaired) electrons. The highest BCUT2D eigenvalue weighted by Crippen LogP contribution is 2.44. The Morgan fingerprint density at radius 1 is 1.06 bits per heavy atom. The van der Waals surface area contributed by atoms with Crippen molar-refractivity contribution in [2.45, 2.75) is 31.7 Å². The first-order chi connectivity index (χ1) is 15.0. The molecule has 0 saturated heterocycles. The molecule has 1 aromatic heterocycles. The molecule has 0 unspecified atom stereocenters. The van der Waals surface area contributed by atoms with E-state index in [9.17, 15) is 14.7 Å². The van der Waals surface area contributed by atoms with Crippen LogP contribution in [0.4, 0.5) is 4.79 Å². The van der Waals surface area contributed by atoms with E-state index in [1.807, 2.05) is 49.4 Å². The number of fused-ring (bicyclic) bond motifs is 3. The maximum absolute atomic E-state index is 12.4. The number of alkyl carbamates (subject to hydrolysis) is 1. The molecule has 2 N–H and O–H groups in total. The van der Waals surface area contributed by atoms with Crippen molar-refractivity contribution in [2.24, 2.45) is 0 Å². The lowest BCUT2D eigenvalue weighted by Crippen LogP contribution is -2.41. The Morgan fingerprint density at radius 3 is 2.32 bits per heavy atom.